The van der Waals surface area contributed by atoms with Crippen molar-refractivity contribution < 1.29 is 14.1 Å². The molecule has 0 aliphatic heterocycles. The second kappa shape index (κ2) is 5.09. The summed E-state index contributed by atoms with van der Waals surface area (Å²) in [5.74, 6) is -0.0540. The van der Waals surface area contributed by atoms with Crippen LogP contribution < -0.4 is 5.32 Å². The molecule has 1 aromatic carbocycles. The van der Waals surface area contributed by atoms with Crippen LogP contribution in [0, 0.1) is 0 Å². The molecule has 5 nitrogen and oxygen atoms in total. The maximum Gasteiger partial charge on any atom is 0.289 e. The van der Waals surface area contributed by atoms with Crippen LogP contribution >= 0.6 is 0 Å². The van der Waals surface area contributed by atoms with Crippen LogP contribution in [0.15, 0.2) is 41.1 Å². The fourth-order valence-corrected chi connectivity index (χ4v) is 2.66. The highest BCUT2D eigenvalue weighted by molar-refractivity contribution is 5.91. The third-order valence-electron chi connectivity index (χ3n) is 3.81. The number of hydrogen-bond donors (Lipinski definition) is 1. The van der Waals surface area contributed by atoms with E-state index >= 15 is 0 Å². The van der Waals surface area contributed by atoms with E-state index in [9.17, 15) is 4.79 Å². The lowest BCUT2D eigenvalue weighted by atomic mass is 10.00. The molecule has 1 amide bonds. The Labute approximate surface area is 116 Å². The van der Waals surface area contributed by atoms with Gasteiger partial charge in [0.25, 0.3) is 5.91 Å². The fourth-order valence-electron chi connectivity index (χ4n) is 2.66. The molecule has 1 aromatic heterocycles. The molecule has 1 heterocycles. The van der Waals surface area contributed by atoms with Gasteiger partial charge in [-0.25, -0.2) is 0 Å². The molecule has 0 radical (unpaired) electrons. The topological polar surface area (TPSA) is 64.4 Å². The van der Waals surface area contributed by atoms with Crippen molar-refractivity contribution in [3.63, 3.8) is 0 Å². The first kappa shape index (κ1) is 12.9. The number of ether oxygens (including phenoxy) is 1. The van der Waals surface area contributed by atoms with Crippen LogP contribution in [0.3, 0.4) is 0 Å². The summed E-state index contributed by atoms with van der Waals surface area (Å²) in [7, 11) is 1.69. The van der Waals surface area contributed by atoms with Crippen molar-refractivity contribution in [3.05, 3.63) is 53.4 Å². The number of benzene rings is 1. The summed E-state index contributed by atoms with van der Waals surface area (Å²) in [6, 6.07) is 9.80. The summed E-state index contributed by atoms with van der Waals surface area (Å²) >= 11 is 0. The van der Waals surface area contributed by atoms with Gasteiger partial charge in [0.2, 0.25) is 5.76 Å². The Balaban J connectivity index is 1.69. The maximum atomic E-state index is 11.9. The van der Waals surface area contributed by atoms with Crippen molar-refractivity contribution in [1.29, 1.82) is 0 Å². The number of carbonyl (C=O) groups is 1. The Hall–Kier alpha value is -2.14. The van der Waals surface area contributed by atoms with Crippen molar-refractivity contribution >= 4 is 5.91 Å². The maximum absolute atomic E-state index is 11.9. The molecule has 0 atom stereocenters. The van der Waals surface area contributed by atoms with Gasteiger partial charge in [-0.05, 0) is 11.1 Å². The molecule has 0 saturated heterocycles. The summed E-state index contributed by atoms with van der Waals surface area (Å²) in [5, 5.41) is 6.38. The van der Waals surface area contributed by atoms with E-state index in [-0.39, 0.29) is 17.3 Å². The predicted octanol–water partition coefficient (Wildman–Crippen LogP) is 1.59. The highest BCUT2D eigenvalue weighted by Gasteiger charge is 2.37. The number of nitrogens with one attached hydrogen (secondary N) is 1. The van der Waals surface area contributed by atoms with E-state index in [1.165, 1.54) is 23.4 Å². The Morgan fingerprint density at radius 3 is 2.60 bits per heavy atom. The van der Waals surface area contributed by atoms with Crippen molar-refractivity contribution in [1.82, 2.24) is 10.5 Å². The van der Waals surface area contributed by atoms with Gasteiger partial charge >= 0.3 is 0 Å². The molecule has 0 saturated carbocycles. The lowest BCUT2D eigenvalue weighted by Crippen LogP contribution is -2.45. The van der Waals surface area contributed by atoms with Crippen molar-refractivity contribution in [2.45, 2.75) is 18.4 Å². The lowest BCUT2D eigenvalue weighted by Gasteiger charge is -2.27. The highest BCUT2D eigenvalue weighted by atomic mass is 16.5. The van der Waals surface area contributed by atoms with Gasteiger partial charge in [0.1, 0.15) is 0 Å². The van der Waals surface area contributed by atoms with Crippen LogP contribution in [-0.2, 0) is 17.6 Å². The van der Waals surface area contributed by atoms with Gasteiger partial charge < -0.3 is 14.6 Å². The molecule has 3 rings (SSSR count). The summed E-state index contributed by atoms with van der Waals surface area (Å²) < 4.78 is 10.5. The molecular weight excluding hydrogens is 256 g/mol. The van der Waals surface area contributed by atoms with E-state index in [4.69, 9.17) is 9.26 Å². The summed E-state index contributed by atoms with van der Waals surface area (Å²) in [6.07, 6.45) is 3.05. The lowest BCUT2D eigenvalue weighted by molar-refractivity contribution is -0.0000734. The van der Waals surface area contributed by atoms with Crippen LogP contribution in [0.1, 0.15) is 21.7 Å². The minimum Gasteiger partial charge on any atom is -0.376 e. The van der Waals surface area contributed by atoms with Crippen LogP contribution in [0.5, 0.6) is 0 Å². The van der Waals surface area contributed by atoms with Crippen molar-refractivity contribution in [3.8, 4) is 0 Å². The quantitative estimate of drug-likeness (QED) is 0.918. The van der Waals surface area contributed by atoms with Crippen LogP contribution in [0.25, 0.3) is 0 Å². The number of fused-ring (bicyclic) bond motifs is 1. The molecular formula is C15H16N2O3. The van der Waals surface area contributed by atoms with E-state index < -0.39 is 0 Å². The average Bonchev–Trinajstić information content (AvgIpc) is 3.12. The zero-order valence-electron chi connectivity index (χ0n) is 11.3. The van der Waals surface area contributed by atoms with E-state index in [0.717, 1.165) is 12.8 Å². The molecule has 1 aliphatic rings. The molecule has 1 N–H and O–H groups in total. The summed E-state index contributed by atoms with van der Waals surface area (Å²) in [6.45, 7) is 0.442. The largest absolute Gasteiger partial charge is 0.376 e. The standard InChI is InChI=1S/C15H16N2O3/c1-19-15(8-11-4-2-3-5-12(11)9-15)10-16-14(18)13-6-7-17-20-13/h2-7H,8-10H2,1H3,(H,16,18). The molecule has 0 bridgehead atoms. The Morgan fingerprint density at radius 2 is 2.05 bits per heavy atom. The third kappa shape index (κ3) is 2.32. The van der Waals surface area contributed by atoms with Gasteiger partial charge in [0.15, 0.2) is 0 Å². The van der Waals surface area contributed by atoms with E-state index in [1.807, 2.05) is 12.1 Å². The normalized spacial score (nSPS) is 15.8. The first-order valence-electron chi connectivity index (χ1n) is 6.53. The van der Waals surface area contributed by atoms with E-state index in [2.05, 4.69) is 22.6 Å². The SMILES string of the molecule is COC1(CNC(=O)c2ccno2)Cc2ccccc2C1. The van der Waals surface area contributed by atoms with Crippen LogP contribution in [0.2, 0.25) is 0 Å². The van der Waals surface area contributed by atoms with Crippen LogP contribution in [-0.4, -0.2) is 30.3 Å². The summed E-state index contributed by atoms with van der Waals surface area (Å²) in [5.41, 5.74) is 2.19. The van der Waals surface area contributed by atoms with Crippen LogP contribution in [0.4, 0.5) is 0 Å². The van der Waals surface area contributed by atoms with Gasteiger partial charge in [0.05, 0.1) is 11.8 Å². The highest BCUT2D eigenvalue weighted by Crippen LogP contribution is 2.32. The fraction of sp³-hybridized carbons (Fsp3) is 0.333. The van der Waals surface area contributed by atoms with Crippen molar-refractivity contribution in [2.75, 3.05) is 13.7 Å². The van der Waals surface area contributed by atoms with Gasteiger partial charge in [-0.2, -0.15) is 0 Å². The monoisotopic (exact) mass is 272 g/mol. The number of rotatable bonds is 4. The Bertz CT molecular complexity index is 582. The van der Waals surface area contributed by atoms with Gasteiger partial charge in [-0.3, -0.25) is 4.79 Å². The zero-order chi connectivity index (χ0) is 14.0. The van der Waals surface area contributed by atoms with Crippen molar-refractivity contribution in [2.24, 2.45) is 0 Å². The van der Waals surface area contributed by atoms with Gasteiger partial charge in [-0.1, -0.05) is 29.4 Å². The number of methoxy groups -OCH3 is 1. The first-order valence-corrected chi connectivity index (χ1v) is 6.53. The number of nitrogens with zero attached hydrogens (tertiary/aromatic N) is 1. The zero-order valence-corrected chi connectivity index (χ0v) is 11.3. The molecule has 20 heavy (non-hydrogen) atoms. The number of aromatic nitrogens is 1. The molecule has 0 spiro atoms. The number of amides is 1. The number of carbonyl (C=O) groups excluding carboxylic acids is 1. The molecule has 2 aromatic rings. The second-order valence-corrected chi connectivity index (χ2v) is 5.07. The summed E-state index contributed by atoms with van der Waals surface area (Å²) in [4.78, 5) is 11.9. The molecule has 5 heteroatoms. The minimum absolute atomic E-state index is 0.215. The molecule has 104 valence electrons. The van der Waals surface area contributed by atoms with E-state index in [0.29, 0.717) is 6.54 Å². The Morgan fingerprint density at radius 1 is 1.35 bits per heavy atom. The number of hydrogen-bond acceptors (Lipinski definition) is 4. The minimum atomic E-state index is -0.376. The molecule has 0 unspecified atom stereocenters. The Kier molecular flexibility index (Phi) is 3.28. The van der Waals surface area contributed by atoms with E-state index in [1.54, 1.807) is 7.11 Å². The second-order valence-electron chi connectivity index (χ2n) is 5.07. The molecule has 1 aliphatic carbocycles. The smallest absolute Gasteiger partial charge is 0.289 e. The van der Waals surface area contributed by atoms with Gasteiger partial charge in [-0.15, -0.1) is 0 Å². The average molecular weight is 272 g/mol. The first-order chi connectivity index (χ1) is 9.72. The predicted molar refractivity (Wildman–Crippen MR) is 72.4 cm³/mol. The van der Waals surface area contributed by atoms with Gasteiger partial charge in [0, 0.05) is 32.6 Å². The molecule has 0 fully saturated rings. The third-order valence-corrected chi connectivity index (χ3v) is 3.81.